The number of ether oxygens (including phenoxy) is 2. The van der Waals surface area contributed by atoms with Gasteiger partial charge in [0.05, 0.1) is 36.3 Å². The molecule has 0 aromatic carbocycles. The fourth-order valence-corrected chi connectivity index (χ4v) is 2.33. The van der Waals surface area contributed by atoms with Crippen molar-refractivity contribution in [1.29, 1.82) is 0 Å². The minimum absolute atomic E-state index is 0.0646. The molecule has 140 valence electrons. The lowest BCUT2D eigenvalue weighted by Crippen LogP contribution is -2.17. The number of pyridine rings is 2. The average Bonchev–Trinajstić information content (AvgIpc) is 2.62. The molecule has 0 unspecified atom stereocenters. The summed E-state index contributed by atoms with van der Waals surface area (Å²) in [4.78, 5) is 31.3. The Morgan fingerprint density at radius 2 is 2.04 bits per heavy atom. The Hall–Kier alpha value is -2.74. The van der Waals surface area contributed by atoms with E-state index in [9.17, 15) is 9.59 Å². The minimum atomic E-state index is -0.325. The van der Waals surface area contributed by atoms with Gasteiger partial charge < -0.3 is 20.1 Å². The van der Waals surface area contributed by atoms with Crippen LogP contribution in [0.25, 0.3) is 11.0 Å². The van der Waals surface area contributed by atoms with Crippen LogP contribution in [0.15, 0.2) is 24.5 Å². The van der Waals surface area contributed by atoms with Gasteiger partial charge >= 0.3 is 5.97 Å². The number of rotatable bonds is 10. The molecule has 1 amide bonds. The monoisotopic (exact) mass is 360 g/mol. The zero-order chi connectivity index (χ0) is 18.8. The van der Waals surface area contributed by atoms with E-state index in [0.717, 1.165) is 11.9 Å². The fourth-order valence-electron chi connectivity index (χ4n) is 2.33. The maximum Gasteiger partial charge on any atom is 0.302 e. The quantitative estimate of drug-likeness (QED) is 0.495. The maximum absolute atomic E-state index is 12.0. The molecule has 0 fully saturated rings. The van der Waals surface area contributed by atoms with Gasteiger partial charge in [0.2, 0.25) is 5.91 Å². The molecule has 2 aromatic heterocycles. The van der Waals surface area contributed by atoms with Crippen LogP contribution in [-0.4, -0.2) is 48.2 Å². The summed E-state index contributed by atoms with van der Waals surface area (Å²) < 4.78 is 10.2. The zero-order valence-corrected chi connectivity index (χ0v) is 15.1. The van der Waals surface area contributed by atoms with E-state index in [1.54, 1.807) is 12.4 Å². The van der Waals surface area contributed by atoms with Gasteiger partial charge in [0.25, 0.3) is 0 Å². The summed E-state index contributed by atoms with van der Waals surface area (Å²) in [6, 6.07) is 3.67. The molecule has 8 nitrogen and oxygen atoms in total. The largest absolute Gasteiger partial charge is 0.463 e. The van der Waals surface area contributed by atoms with E-state index in [1.807, 2.05) is 19.1 Å². The van der Waals surface area contributed by atoms with Gasteiger partial charge in [-0.3, -0.25) is 19.6 Å². The number of fused-ring (bicyclic) bond motifs is 1. The molecular weight excluding hydrogens is 336 g/mol. The molecule has 2 N–H and O–H groups in total. The van der Waals surface area contributed by atoms with Crippen molar-refractivity contribution in [1.82, 2.24) is 9.97 Å². The Balaban J connectivity index is 2.00. The molecule has 0 radical (unpaired) electrons. The van der Waals surface area contributed by atoms with Crippen LogP contribution in [-0.2, 0) is 19.1 Å². The van der Waals surface area contributed by atoms with E-state index in [0.29, 0.717) is 43.1 Å². The van der Waals surface area contributed by atoms with Crippen LogP contribution in [0.2, 0.25) is 0 Å². The topological polar surface area (TPSA) is 102 Å². The van der Waals surface area contributed by atoms with Crippen LogP contribution in [0.4, 0.5) is 11.4 Å². The maximum atomic E-state index is 12.0. The molecule has 8 heteroatoms. The van der Waals surface area contributed by atoms with Crippen molar-refractivity contribution in [3.8, 4) is 0 Å². The molecule has 2 rings (SSSR count). The Morgan fingerprint density at radius 3 is 2.81 bits per heavy atom. The highest BCUT2D eigenvalue weighted by Gasteiger charge is 2.12. The summed E-state index contributed by atoms with van der Waals surface area (Å²) in [5.74, 6) is -0.390. The SMILES string of the molecule is CCCC(=O)Nc1cnc2cccnc2c1NCCOCCOC(C)=O. The zero-order valence-electron chi connectivity index (χ0n) is 15.1. The average molecular weight is 360 g/mol. The van der Waals surface area contributed by atoms with Crippen molar-refractivity contribution in [2.45, 2.75) is 26.7 Å². The first-order valence-corrected chi connectivity index (χ1v) is 8.60. The first-order valence-electron chi connectivity index (χ1n) is 8.60. The van der Waals surface area contributed by atoms with Crippen molar-refractivity contribution >= 4 is 34.3 Å². The van der Waals surface area contributed by atoms with Gasteiger partial charge in [0.1, 0.15) is 12.1 Å². The number of nitrogens with one attached hydrogen (secondary N) is 2. The minimum Gasteiger partial charge on any atom is -0.463 e. The van der Waals surface area contributed by atoms with E-state index in [4.69, 9.17) is 9.47 Å². The summed E-state index contributed by atoms with van der Waals surface area (Å²) in [5, 5.41) is 6.13. The third kappa shape index (κ3) is 5.96. The lowest BCUT2D eigenvalue weighted by atomic mass is 10.2. The predicted molar refractivity (Wildman–Crippen MR) is 99.0 cm³/mol. The number of anilines is 2. The predicted octanol–water partition coefficient (Wildman–Crippen LogP) is 2.36. The summed E-state index contributed by atoms with van der Waals surface area (Å²) in [6.07, 6.45) is 4.52. The van der Waals surface area contributed by atoms with E-state index in [1.165, 1.54) is 6.92 Å². The molecule has 0 atom stereocenters. The number of carbonyl (C=O) groups excluding carboxylic acids is 2. The number of aromatic nitrogens is 2. The van der Waals surface area contributed by atoms with E-state index in [-0.39, 0.29) is 18.5 Å². The Labute approximate surface area is 152 Å². The molecule has 26 heavy (non-hydrogen) atoms. The highest BCUT2D eigenvalue weighted by Crippen LogP contribution is 2.28. The second-order valence-corrected chi connectivity index (χ2v) is 5.60. The molecule has 0 spiro atoms. The van der Waals surface area contributed by atoms with E-state index >= 15 is 0 Å². The van der Waals surface area contributed by atoms with Crippen molar-refractivity contribution < 1.29 is 19.1 Å². The van der Waals surface area contributed by atoms with Crippen molar-refractivity contribution in [2.75, 3.05) is 37.0 Å². The molecular formula is C18H24N4O4. The number of esters is 1. The summed E-state index contributed by atoms with van der Waals surface area (Å²) in [5.41, 5.74) is 2.72. The smallest absolute Gasteiger partial charge is 0.302 e. The lowest BCUT2D eigenvalue weighted by Gasteiger charge is -2.15. The van der Waals surface area contributed by atoms with Gasteiger partial charge in [0, 0.05) is 26.1 Å². The van der Waals surface area contributed by atoms with Crippen molar-refractivity contribution in [2.24, 2.45) is 0 Å². The highest BCUT2D eigenvalue weighted by molar-refractivity contribution is 6.01. The molecule has 2 aromatic rings. The summed E-state index contributed by atoms with van der Waals surface area (Å²) in [7, 11) is 0. The first kappa shape index (κ1) is 19.6. The summed E-state index contributed by atoms with van der Waals surface area (Å²) in [6.45, 7) is 4.79. The van der Waals surface area contributed by atoms with Gasteiger partial charge in [-0.2, -0.15) is 0 Å². The number of carbonyl (C=O) groups is 2. The van der Waals surface area contributed by atoms with Gasteiger partial charge in [-0.15, -0.1) is 0 Å². The second-order valence-electron chi connectivity index (χ2n) is 5.60. The highest BCUT2D eigenvalue weighted by atomic mass is 16.6. The Kier molecular flexibility index (Phi) is 7.75. The van der Waals surface area contributed by atoms with E-state index < -0.39 is 0 Å². The number of nitrogens with zero attached hydrogens (tertiary/aromatic N) is 2. The third-order valence-electron chi connectivity index (χ3n) is 3.46. The molecule has 0 saturated carbocycles. The van der Waals surface area contributed by atoms with Crippen LogP contribution in [0.5, 0.6) is 0 Å². The van der Waals surface area contributed by atoms with Crippen LogP contribution in [0.1, 0.15) is 26.7 Å². The van der Waals surface area contributed by atoms with Gasteiger partial charge in [0.15, 0.2) is 0 Å². The molecule has 0 saturated heterocycles. The molecule has 2 heterocycles. The van der Waals surface area contributed by atoms with Crippen LogP contribution >= 0.6 is 0 Å². The number of hydrogen-bond donors (Lipinski definition) is 2. The van der Waals surface area contributed by atoms with Crippen molar-refractivity contribution in [3.63, 3.8) is 0 Å². The van der Waals surface area contributed by atoms with Crippen LogP contribution in [0.3, 0.4) is 0 Å². The van der Waals surface area contributed by atoms with Crippen LogP contribution < -0.4 is 10.6 Å². The number of amides is 1. The van der Waals surface area contributed by atoms with Gasteiger partial charge in [-0.1, -0.05) is 6.92 Å². The Morgan fingerprint density at radius 1 is 1.19 bits per heavy atom. The molecule has 0 aliphatic rings. The third-order valence-corrected chi connectivity index (χ3v) is 3.46. The van der Waals surface area contributed by atoms with Gasteiger partial charge in [-0.05, 0) is 18.6 Å². The Bertz CT molecular complexity index is 751. The molecule has 0 bridgehead atoms. The number of hydrogen-bond acceptors (Lipinski definition) is 7. The standard InChI is InChI=1S/C18H24N4O4/c1-3-5-16(24)22-15-12-21-14-6-4-7-19-17(14)18(15)20-8-9-25-10-11-26-13(2)23/h4,6-7,12H,3,5,8-11H2,1-2H3,(H,20,21)(H,22,24). The van der Waals surface area contributed by atoms with Gasteiger partial charge in [-0.25, -0.2) is 0 Å². The first-order chi connectivity index (χ1) is 12.6. The molecule has 0 aliphatic carbocycles. The summed E-state index contributed by atoms with van der Waals surface area (Å²) >= 11 is 0. The second kappa shape index (κ2) is 10.3. The van der Waals surface area contributed by atoms with Crippen LogP contribution in [0, 0.1) is 0 Å². The normalized spacial score (nSPS) is 10.5. The molecule has 0 aliphatic heterocycles. The van der Waals surface area contributed by atoms with Crippen molar-refractivity contribution in [3.05, 3.63) is 24.5 Å². The lowest BCUT2D eigenvalue weighted by molar-refractivity contribution is -0.142. The van der Waals surface area contributed by atoms with E-state index in [2.05, 4.69) is 20.6 Å². The fraction of sp³-hybridized carbons (Fsp3) is 0.444.